The second kappa shape index (κ2) is 9.34. The van der Waals surface area contributed by atoms with Gasteiger partial charge >= 0.3 is 5.97 Å². The molecular formula is C15H23NO4. The first kappa shape index (κ1) is 16.5. The van der Waals surface area contributed by atoms with Crippen LogP contribution >= 0.6 is 0 Å². The highest BCUT2D eigenvalue weighted by atomic mass is 16.5. The lowest BCUT2D eigenvalue weighted by atomic mass is 10.1. The van der Waals surface area contributed by atoms with Crippen LogP contribution in [-0.2, 0) is 16.0 Å². The van der Waals surface area contributed by atoms with Crippen molar-refractivity contribution in [1.29, 1.82) is 0 Å². The molecule has 0 saturated carbocycles. The lowest BCUT2D eigenvalue weighted by Crippen LogP contribution is -2.30. The summed E-state index contributed by atoms with van der Waals surface area (Å²) in [6.07, 6.45) is 0.185. The zero-order valence-electron chi connectivity index (χ0n) is 12.1. The lowest BCUT2D eigenvalue weighted by Gasteiger charge is -2.11. The monoisotopic (exact) mass is 281 g/mol. The fraction of sp³-hybridized carbons (Fsp3) is 0.533. The predicted octanol–water partition coefficient (Wildman–Crippen LogP) is 1.14. The number of hydrogen-bond donors (Lipinski definition) is 2. The molecule has 112 valence electrons. The van der Waals surface area contributed by atoms with E-state index in [4.69, 9.17) is 9.47 Å². The van der Waals surface area contributed by atoms with E-state index in [1.54, 1.807) is 14.0 Å². The fourth-order valence-electron chi connectivity index (χ4n) is 1.78. The molecule has 0 aromatic heterocycles. The molecule has 1 unspecified atom stereocenters. The van der Waals surface area contributed by atoms with Gasteiger partial charge in [0.15, 0.2) is 0 Å². The van der Waals surface area contributed by atoms with Crippen molar-refractivity contribution >= 4 is 5.97 Å². The van der Waals surface area contributed by atoms with Gasteiger partial charge in [-0.25, -0.2) is 0 Å². The Morgan fingerprint density at radius 3 is 2.65 bits per heavy atom. The average molecular weight is 281 g/mol. The van der Waals surface area contributed by atoms with Gasteiger partial charge in [-0.15, -0.1) is 0 Å². The average Bonchev–Trinajstić information content (AvgIpc) is 2.44. The van der Waals surface area contributed by atoms with Crippen LogP contribution in [0.5, 0.6) is 5.75 Å². The normalized spacial score (nSPS) is 11.9. The molecule has 5 heteroatoms. The molecule has 0 aliphatic rings. The van der Waals surface area contributed by atoms with E-state index in [9.17, 15) is 9.90 Å². The minimum absolute atomic E-state index is 0.0311. The maximum absolute atomic E-state index is 11.1. The molecule has 0 fully saturated rings. The van der Waals surface area contributed by atoms with Gasteiger partial charge in [0.2, 0.25) is 0 Å². The SMILES string of the molecule is CCOC(=O)CC(O)CNCCc1ccc(OC)cc1. The molecule has 0 saturated heterocycles. The van der Waals surface area contributed by atoms with Gasteiger partial charge in [0.1, 0.15) is 5.75 Å². The summed E-state index contributed by atoms with van der Waals surface area (Å²) in [7, 11) is 1.64. The minimum atomic E-state index is -0.704. The number of aliphatic hydroxyl groups is 1. The molecule has 0 bridgehead atoms. The number of aliphatic hydroxyl groups excluding tert-OH is 1. The maximum atomic E-state index is 11.1. The summed E-state index contributed by atoms with van der Waals surface area (Å²) >= 11 is 0. The first-order chi connectivity index (χ1) is 9.65. The fourth-order valence-corrected chi connectivity index (χ4v) is 1.78. The maximum Gasteiger partial charge on any atom is 0.308 e. The number of rotatable bonds is 9. The molecule has 0 aliphatic carbocycles. The van der Waals surface area contributed by atoms with Gasteiger partial charge in [0.05, 0.1) is 26.2 Å². The van der Waals surface area contributed by atoms with Crippen LogP contribution in [0.15, 0.2) is 24.3 Å². The van der Waals surface area contributed by atoms with Gasteiger partial charge in [0, 0.05) is 6.54 Å². The Bertz CT molecular complexity index is 391. The van der Waals surface area contributed by atoms with Crippen molar-refractivity contribution in [3.63, 3.8) is 0 Å². The van der Waals surface area contributed by atoms with Crippen molar-refractivity contribution in [1.82, 2.24) is 5.32 Å². The van der Waals surface area contributed by atoms with Gasteiger partial charge in [-0.2, -0.15) is 0 Å². The highest BCUT2D eigenvalue weighted by Gasteiger charge is 2.10. The van der Waals surface area contributed by atoms with Gasteiger partial charge in [-0.3, -0.25) is 4.79 Å². The molecule has 0 radical (unpaired) electrons. The molecule has 2 N–H and O–H groups in total. The third-order valence-electron chi connectivity index (χ3n) is 2.84. The third kappa shape index (κ3) is 6.54. The van der Waals surface area contributed by atoms with Gasteiger partial charge < -0.3 is 19.9 Å². The predicted molar refractivity (Wildman–Crippen MR) is 76.8 cm³/mol. The van der Waals surface area contributed by atoms with E-state index in [-0.39, 0.29) is 12.4 Å². The van der Waals surface area contributed by atoms with E-state index in [2.05, 4.69) is 5.32 Å². The molecular weight excluding hydrogens is 258 g/mol. The molecule has 5 nitrogen and oxygen atoms in total. The molecule has 1 aromatic rings. The van der Waals surface area contributed by atoms with Gasteiger partial charge in [0.25, 0.3) is 0 Å². The van der Waals surface area contributed by atoms with Crippen molar-refractivity contribution in [2.45, 2.75) is 25.9 Å². The highest BCUT2D eigenvalue weighted by molar-refractivity contribution is 5.69. The summed E-state index contributed by atoms with van der Waals surface area (Å²) in [6, 6.07) is 7.86. The first-order valence-corrected chi connectivity index (χ1v) is 6.83. The summed E-state index contributed by atoms with van der Waals surface area (Å²) in [6.45, 7) is 3.22. The second-order valence-corrected chi connectivity index (χ2v) is 4.47. The number of carbonyl (C=O) groups is 1. The molecule has 0 spiro atoms. The number of benzene rings is 1. The molecule has 1 atom stereocenters. The van der Waals surface area contributed by atoms with E-state index >= 15 is 0 Å². The summed E-state index contributed by atoms with van der Waals surface area (Å²) < 4.78 is 9.86. The highest BCUT2D eigenvalue weighted by Crippen LogP contribution is 2.11. The molecule has 1 aromatic carbocycles. The first-order valence-electron chi connectivity index (χ1n) is 6.83. The Balaban J connectivity index is 2.15. The van der Waals surface area contributed by atoms with Crippen molar-refractivity contribution in [3.8, 4) is 5.75 Å². The number of methoxy groups -OCH3 is 1. The van der Waals surface area contributed by atoms with E-state index in [1.165, 1.54) is 5.56 Å². The number of carbonyl (C=O) groups excluding carboxylic acids is 1. The van der Waals surface area contributed by atoms with Gasteiger partial charge in [-0.05, 0) is 37.6 Å². The Hall–Kier alpha value is -1.59. The summed E-state index contributed by atoms with van der Waals surface area (Å²) in [5.41, 5.74) is 1.19. The Morgan fingerprint density at radius 2 is 2.05 bits per heavy atom. The van der Waals surface area contributed by atoms with Gasteiger partial charge in [-0.1, -0.05) is 12.1 Å². The number of esters is 1. The molecule has 0 amide bonds. The smallest absolute Gasteiger partial charge is 0.308 e. The van der Waals surface area contributed by atoms with Crippen LogP contribution in [0.3, 0.4) is 0 Å². The Kier molecular flexibility index (Phi) is 7.69. The van der Waals surface area contributed by atoms with Crippen LogP contribution < -0.4 is 10.1 Å². The lowest BCUT2D eigenvalue weighted by molar-refractivity contribution is -0.145. The van der Waals surface area contributed by atoms with Crippen molar-refractivity contribution in [2.75, 3.05) is 26.8 Å². The van der Waals surface area contributed by atoms with Crippen molar-refractivity contribution in [3.05, 3.63) is 29.8 Å². The van der Waals surface area contributed by atoms with E-state index in [0.717, 1.165) is 18.7 Å². The van der Waals surface area contributed by atoms with Crippen LogP contribution in [0.1, 0.15) is 18.9 Å². The van der Waals surface area contributed by atoms with E-state index in [0.29, 0.717) is 13.2 Å². The van der Waals surface area contributed by atoms with Crippen LogP contribution in [0.2, 0.25) is 0 Å². The van der Waals surface area contributed by atoms with Crippen LogP contribution in [0.25, 0.3) is 0 Å². The Morgan fingerprint density at radius 1 is 1.35 bits per heavy atom. The standard InChI is InChI=1S/C15H23NO4/c1-3-20-15(18)10-13(17)11-16-9-8-12-4-6-14(19-2)7-5-12/h4-7,13,16-17H,3,8-11H2,1-2H3. The quantitative estimate of drug-likeness (QED) is 0.525. The summed E-state index contributed by atoms with van der Waals surface area (Å²) in [5.74, 6) is 0.475. The van der Waals surface area contributed by atoms with E-state index in [1.807, 2.05) is 24.3 Å². The van der Waals surface area contributed by atoms with E-state index < -0.39 is 6.10 Å². The number of hydrogen-bond acceptors (Lipinski definition) is 5. The number of nitrogens with one attached hydrogen (secondary N) is 1. The second-order valence-electron chi connectivity index (χ2n) is 4.47. The third-order valence-corrected chi connectivity index (χ3v) is 2.84. The van der Waals surface area contributed by atoms with Crippen molar-refractivity contribution in [2.24, 2.45) is 0 Å². The molecule has 0 aliphatic heterocycles. The number of ether oxygens (including phenoxy) is 2. The molecule has 20 heavy (non-hydrogen) atoms. The molecule has 1 rings (SSSR count). The molecule has 0 heterocycles. The zero-order valence-corrected chi connectivity index (χ0v) is 12.1. The zero-order chi connectivity index (χ0) is 14.8. The Labute approximate surface area is 119 Å². The summed E-state index contributed by atoms with van der Waals surface area (Å²) in [5, 5.41) is 12.8. The van der Waals surface area contributed by atoms with Crippen LogP contribution in [0, 0.1) is 0 Å². The topological polar surface area (TPSA) is 67.8 Å². The largest absolute Gasteiger partial charge is 0.497 e. The summed E-state index contributed by atoms with van der Waals surface area (Å²) in [4.78, 5) is 11.1. The van der Waals surface area contributed by atoms with Crippen LogP contribution in [-0.4, -0.2) is 44.0 Å². The van der Waals surface area contributed by atoms with Crippen LogP contribution in [0.4, 0.5) is 0 Å². The van der Waals surface area contributed by atoms with Crippen molar-refractivity contribution < 1.29 is 19.4 Å². The minimum Gasteiger partial charge on any atom is -0.497 e.